The summed E-state index contributed by atoms with van der Waals surface area (Å²) >= 11 is 0. The first kappa shape index (κ1) is 13.2. The Hall–Kier alpha value is -0.810. The van der Waals surface area contributed by atoms with Crippen molar-refractivity contribution in [3.63, 3.8) is 0 Å². The lowest BCUT2D eigenvalue weighted by Crippen LogP contribution is -2.39. The number of hydrogen-bond acceptors (Lipinski definition) is 4. The molecule has 0 saturated carbocycles. The lowest BCUT2D eigenvalue weighted by molar-refractivity contribution is 0.228. The molecule has 2 atom stereocenters. The van der Waals surface area contributed by atoms with Gasteiger partial charge in [-0.25, -0.2) is 0 Å². The lowest BCUT2D eigenvalue weighted by Gasteiger charge is -2.12. The topological polar surface area (TPSA) is 90.9 Å². The molecule has 0 aromatic rings. The maximum absolute atomic E-state index is 8.78. The summed E-state index contributed by atoms with van der Waals surface area (Å²) in [6.07, 6.45) is 1.96. The van der Waals surface area contributed by atoms with Crippen LogP contribution < -0.4 is 11.1 Å². The molecule has 5 heteroatoms. The molecule has 0 radical (unpaired) electrons. The van der Waals surface area contributed by atoms with Crippen LogP contribution in [0, 0.1) is 5.92 Å². The Labute approximate surface area is 85.0 Å². The van der Waals surface area contributed by atoms with Crippen molar-refractivity contribution in [2.24, 2.45) is 16.8 Å². The van der Waals surface area contributed by atoms with Crippen molar-refractivity contribution >= 4 is 5.84 Å². The molecule has 0 heterocycles. The SMILES string of the molecule is CC(CO)CCCNC(C)C(N)=NO. The number of amidine groups is 1. The zero-order chi connectivity index (χ0) is 11.0. The number of rotatable bonds is 7. The lowest BCUT2D eigenvalue weighted by atomic mass is 10.1. The van der Waals surface area contributed by atoms with Crippen molar-refractivity contribution in [3.05, 3.63) is 0 Å². The molecule has 0 saturated heterocycles. The summed E-state index contributed by atoms with van der Waals surface area (Å²) in [6.45, 7) is 4.88. The minimum Gasteiger partial charge on any atom is -0.409 e. The minimum absolute atomic E-state index is 0.107. The Balaban J connectivity index is 3.45. The smallest absolute Gasteiger partial charge is 0.156 e. The standard InChI is InChI=1S/C9H21N3O2/c1-7(6-13)4-3-5-11-8(2)9(10)12-14/h7-8,11,13-14H,3-6H2,1-2H3,(H2,10,12). The van der Waals surface area contributed by atoms with Gasteiger partial charge in [-0.05, 0) is 32.2 Å². The van der Waals surface area contributed by atoms with Crippen LogP contribution in [0.3, 0.4) is 0 Å². The highest BCUT2D eigenvalue weighted by atomic mass is 16.4. The molecule has 0 aliphatic heterocycles. The Bertz CT molecular complexity index is 173. The van der Waals surface area contributed by atoms with Gasteiger partial charge in [-0.1, -0.05) is 12.1 Å². The highest BCUT2D eigenvalue weighted by molar-refractivity contribution is 5.84. The number of hydrogen-bond donors (Lipinski definition) is 4. The van der Waals surface area contributed by atoms with Crippen molar-refractivity contribution < 1.29 is 10.3 Å². The number of aliphatic hydroxyl groups excluding tert-OH is 1. The predicted molar refractivity (Wildman–Crippen MR) is 56.4 cm³/mol. The fourth-order valence-electron chi connectivity index (χ4n) is 1.05. The third-order valence-corrected chi connectivity index (χ3v) is 2.20. The molecule has 0 bridgehead atoms. The number of nitrogens with two attached hydrogens (primary N) is 1. The molecular formula is C9H21N3O2. The first-order chi connectivity index (χ1) is 6.61. The van der Waals surface area contributed by atoms with E-state index in [1.165, 1.54) is 0 Å². The maximum Gasteiger partial charge on any atom is 0.156 e. The van der Waals surface area contributed by atoms with Crippen LogP contribution in [-0.4, -0.2) is 35.3 Å². The van der Waals surface area contributed by atoms with Crippen molar-refractivity contribution in [1.82, 2.24) is 5.32 Å². The molecule has 2 unspecified atom stereocenters. The molecule has 0 aliphatic rings. The molecule has 5 nitrogen and oxygen atoms in total. The van der Waals surface area contributed by atoms with Crippen LogP contribution in [0.1, 0.15) is 26.7 Å². The molecule has 0 fully saturated rings. The van der Waals surface area contributed by atoms with Gasteiger partial charge in [0.1, 0.15) is 0 Å². The van der Waals surface area contributed by atoms with Gasteiger partial charge in [0.05, 0.1) is 6.04 Å². The van der Waals surface area contributed by atoms with Crippen LogP contribution in [0.2, 0.25) is 0 Å². The normalized spacial score (nSPS) is 16.6. The maximum atomic E-state index is 8.78. The summed E-state index contributed by atoms with van der Waals surface area (Å²) in [5, 5.41) is 23.2. The summed E-state index contributed by atoms with van der Waals surface area (Å²) < 4.78 is 0. The molecule has 0 amide bonds. The molecule has 14 heavy (non-hydrogen) atoms. The van der Waals surface area contributed by atoms with Crippen LogP contribution in [0.4, 0.5) is 0 Å². The second-order valence-electron chi connectivity index (χ2n) is 3.63. The molecule has 0 aromatic carbocycles. The van der Waals surface area contributed by atoms with Crippen LogP contribution in [-0.2, 0) is 0 Å². The van der Waals surface area contributed by atoms with Crippen molar-refractivity contribution in [3.8, 4) is 0 Å². The van der Waals surface area contributed by atoms with E-state index in [9.17, 15) is 0 Å². The summed E-state index contributed by atoms with van der Waals surface area (Å²) in [4.78, 5) is 0. The third kappa shape index (κ3) is 5.77. The largest absolute Gasteiger partial charge is 0.409 e. The van der Waals surface area contributed by atoms with E-state index >= 15 is 0 Å². The average Bonchev–Trinajstić information content (AvgIpc) is 2.22. The monoisotopic (exact) mass is 203 g/mol. The van der Waals surface area contributed by atoms with E-state index in [2.05, 4.69) is 10.5 Å². The Morgan fingerprint density at radius 3 is 2.64 bits per heavy atom. The van der Waals surface area contributed by atoms with E-state index in [-0.39, 0.29) is 18.5 Å². The van der Waals surface area contributed by atoms with Gasteiger partial charge in [-0.2, -0.15) is 0 Å². The van der Waals surface area contributed by atoms with Gasteiger partial charge >= 0.3 is 0 Å². The second kappa shape index (κ2) is 7.58. The van der Waals surface area contributed by atoms with Crippen LogP contribution in [0.5, 0.6) is 0 Å². The summed E-state index contributed by atoms with van der Waals surface area (Å²) in [6, 6.07) is -0.107. The zero-order valence-corrected chi connectivity index (χ0v) is 8.90. The fourth-order valence-corrected chi connectivity index (χ4v) is 1.05. The van der Waals surface area contributed by atoms with Gasteiger partial charge < -0.3 is 21.4 Å². The van der Waals surface area contributed by atoms with Crippen LogP contribution >= 0.6 is 0 Å². The summed E-state index contributed by atoms with van der Waals surface area (Å²) in [5.74, 6) is 0.538. The second-order valence-corrected chi connectivity index (χ2v) is 3.63. The van der Waals surface area contributed by atoms with Gasteiger partial charge in [0.25, 0.3) is 0 Å². The summed E-state index contributed by atoms with van der Waals surface area (Å²) in [7, 11) is 0. The zero-order valence-electron chi connectivity index (χ0n) is 8.90. The molecule has 84 valence electrons. The molecule has 0 spiro atoms. The summed E-state index contributed by atoms with van der Waals surface area (Å²) in [5.41, 5.74) is 5.38. The van der Waals surface area contributed by atoms with Crippen molar-refractivity contribution in [2.75, 3.05) is 13.2 Å². The number of nitrogens with one attached hydrogen (secondary N) is 1. The van der Waals surface area contributed by atoms with E-state index in [1.807, 2.05) is 13.8 Å². The van der Waals surface area contributed by atoms with E-state index < -0.39 is 0 Å². The van der Waals surface area contributed by atoms with E-state index in [0.717, 1.165) is 19.4 Å². The number of nitrogens with zero attached hydrogens (tertiary/aromatic N) is 1. The quantitative estimate of drug-likeness (QED) is 0.155. The third-order valence-electron chi connectivity index (χ3n) is 2.20. The van der Waals surface area contributed by atoms with E-state index in [4.69, 9.17) is 16.0 Å². The van der Waals surface area contributed by atoms with Crippen molar-refractivity contribution in [1.29, 1.82) is 0 Å². The highest BCUT2D eigenvalue weighted by Crippen LogP contribution is 2.02. The Morgan fingerprint density at radius 1 is 1.50 bits per heavy atom. The molecule has 0 aromatic heterocycles. The Morgan fingerprint density at radius 2 is 2.14 bits per heavy atom. The van der Waals surface area contributed by atoms with Gasteiger partial charge in [0, 0.05) is 6.61 Å². The average molecular weight is 203 g/mol. The van der Waals surface area contributed by atoms with Crippen LogP contribution in [0.15, 0.2) is 5.16 Å². The van der Waals surface area contributed by atoms with Gasteiger partial charge in [-0.15, -0.1) is 0 Å². The molecule has 5 N–H and O–H groups in total. The van der Waals surface area contributed by atoms with Crippen molar-refractivity contribution in [2.45, 2.75) is 32.7 Å². The van der Waals surface area contributed by atoms with E-state index in [0.29, 0.717) is 5.92 Å². The number of oxime groups is 1. The first-order valence-corrected chi connectivity index (χ1v) is 4.93. The first-order valence-electron chi connectivity index (χ1n) is 4.93. The Kier molecular flexibility index (Phi) is 7.14. The number of aliphatic hydroxyl groups is 1. The predicted octanol–water partition coefficient (Wildman–Crippen LogP) is 0.120. The highest BCUT2D eigenvalue weighted by Gasteiger charge is 2.06. The van der Waals surface area contributed by atoms with Crippen LogP contribution in [0.25, 0.3) is 0 Å². The fraction of sp³-hybridized carbons (Fsp3) is 0.889. The minimum atomic E-state index is -0.107. The van der Waals surface area contributed by atoms with Gasteiger partial charge in [0.15, 0.2) is 5.84 Å². The molecular weight excluding hydrogens is 182 g/mol. The van der Waals surface area contributed by atoms with Gasteiger partial charge in [0.2, 0.25) is 0 Å². The molecule has 0 rings (SSSR count). The molecule has 0 aliphatic carbocycles. The van der Waals surface area contributed by atoms with Gasteiger partial charge in [-0.3, -0.25) is 0 Å². The van der Waals surface area contributed by atoms with E-state index in [1.54, 1.807) is 0 Å².